The first-order valence-electron chi connectivity index (χ1n) is 4.01. The topological polar surface area (TPSA) is 58.6 Å². The van der Waals surface area contributed by atoms with Crippen molar-refractivity contribution >= 4 is 10.0 Å². The quantitative estimate of drug-likeness (QED) is 0.511. The molecular weight excluding hydrogens is 180 g/mol. The lowest BCUT2D eigenvalue weighted by Gasteiger charge is -2.38. The van der Waals surface area contributed by atoms with Gasteiger partial charge in [0.05, 0.1) is 25.1 Å². The number of hydrogen-bond donors (Lipinski definition) is 1. The zero-order chi connectivity index (χ0) is 8.60. The molecule has 5 nitrogen and oxygen atoms in total. The van der Waals surface area contributed by atoms with Gasteiger partial charge in [-0.05, 0) is 0 Å². The van der Waals surface area contributed by atoms with E-state index >= 15 is 0 Å². The van der Waals surface area contributed by atoms with E-state index in [0.29, 0.717) is 26.3 Å². The zero-order valence-corrected chi connectivity index (χ0v) is 7.51. The lowest BCUT2D eigenvalue weighted by molar-refractivity contribution is 0.0171. The third kappa shape index (κ3) is 1.35. The Morgan fingerprint density at radius 3 is 3.08 bits per heavy atom. The van der Waals surface area contributed by atoms with Crippen molar-refractivity contribution in [3.8, 4) is 0 Å². The van der Waals surface area contributed by atoms with Gasteiger partial charge in [0, 0.05) is 13.1 Å². The van der Waals surface area contributed by atoms with Gasteiger partial charge >= 0.3 is 0 Å². The van der Waals surface area contributed by atoms with E-state index in [1.165, 1.54) is 4.31 Å². The standard InChI is InChI=1S/C6H12N2O3S/c9-12(10)4-1-7-6-5-11-3-2-8(6)12/h6-7H,1-5H2. The first-order valence-corrected chi connectivity index (χ1v) is 5.62. The van der Waals surface area contributed by atoms with Crippen molar-refractivity contribution in [1.82, 2.24) is 9.62 Å². The van der Waals surface area contributed by atoms with Gasteiger partial charge in [0.15, 0.2) is 0 Å². The molecule has 2 aliphatic heterocycles. The first kappa shape index (κ1) is 8.43. The molecule has 0 amide bonds. The molecule has 2 heterocycles. The molecule has 2 aliphatic rings. The molecule has 6 heteroatoms. The molecule has 0 aromatic heterocycles. The van der Waals surface area contributed by atoms with Crippen LogP contribution < -0.4 is 5.32 Å². The number of nitrogens with one attached hydrogen (secondary N) is 1. The Bertz CT molecular complexity index is 262. The minimum atomic E-state index is -2.99. The normalized spacial score (nSPS) is 35.8. The molecular formula is C6H12N2O3S. The Labute approximate surface area is 71.7 Å². The van der Waals surface area contributed by atoms with Crippen molar-refractivity contribution in [2.45, 2.75) is 6.17 Å². The first-order chi connectivity index (χ1) is 5.70. The fraction of sp³-hybridized carbons (Fsp3) is 1.00. The molecule has 1 unspecified atom stereocenters. The van der Waals surface area contributed by atoms with Crippen LogP contribution in [0.15, 0.2) is 0 Å². The maximum Gasteiger partial charge on any atom is 0.216 e. The van der Waals surface area contributed by atoms with Crippen molar-refractivity contribution in [3.63, 3.8) is 0 Å². The number of ether oxygens (including phenoxy) is 1. The number of morpholine rings is 1. The van der Waals surface area contributed by atoms with Crippen LogP contribution in [0.2, 0.25) is 0 Å². The number of fused-ring (bicyclic) bond motifs is 1. The summed E-state index contributed by atoms with van der Waals surface area (Å²) in [6.45, 7) is 2.00. The molecule has 1 N–H and O–H groups in total. The Morgan fingerprint density at radius 1 is 1.50 bits per heavy atom. The molecule has 1 atom stereocenters. The highest BCUT2D eigenvalue weighted by Gasteiger charge is 2.35. The molecule has 0 bridgehead atoms. The van der Waals surface area contributed by atoms with Crippen LogP contribution in [-0.2, 0) is 14.8 Å². The Kier molecular flexibility index (Phi) is 2.07. The second-order valence-electron chi connectivity index (χ2n) is 2.97. The van der Waals surface area contributed by atoms with E-state index in [4.69, 9.17) is 4.74 Å². The molecule has 70 valence electrons. The SMILES string of the molecule is O=S1(=O)CCNC2COCCN21. The molecule has 2 fully saturated rings. The van der Waals surface area contributed by atoms with Crippen LogP contribution in [0.5, 0.6) is 0 Å². The molecule has 0 saturated carbocycles. The van der Waals surface area contributed by atoms with Crippen LogP contribution in [0.1, 0.15) is 0 Å². The minimum Gasteiger partial charge on any atom is -0.377 e. The number of hydrogen-bond acceptors (Lipinski definition) is 4. The van der Waals surface area contributed by atoms with Crippen LogP contribution in [-0.4, -0.2) is 50.9 Å². The minimum absolute atomic E-state index is 0.127. The fourth-order valence-corrected chi connectivity index (χ4v) is 3.04. The summed E-state index contributed by atoms with van der Waals surface area (Å²) in [5, 5.41) is 3.10. The smallest absolute Gasteiger partial charge is 0.216 e. The summed E-state index contributed by atoms with van der Waals surface area (Å²) in [7, 11) is -2.99. The average molecular weight is 192 g/mol. The summed E-state index contributed by atoms with van der Waals surface area (Å²) in [6, 6.07) is 0. The van der Waals surface area contributed by atoms with Gasteiger partial charge in [0.1, 0.15) is 0 Å². The van der Waals surface area contributed by atoms with E-state index in [1.807, 2.05) is 0 Å². The molecule has 0 aromatic carbocycles. The van der Waals surface area contributed by atoms with Gasteiger partial charge in [-0.1, -0.05) is 0 Å². The predicted octanol–water partition coefficient (Wildman–Crippen LogP) is -1.42. The van der Waals surface area contributed by atoms with E-state index in [1.54, 1.807) is 0 Å². The van der Waals surface area contributed by atoms with Gasteiger partial charge < -0.3 is 4.74 Å². The summed E-state index contributed by atoms with van der Waals surface area (Å²) in [6.07, 6.45) is -0.127. The third-order valence-electron chi connectivity index (χ3n) is 2.18. The zero-order valence-electron chi connectivity index (χ0n) is 6.69. The summed E-state index contributed by atoms with van der Waals surface area (Å²) in [5.74, 6) is 0.212. The van der Waals surface area contributed by atoms with Crippen LogP contribution in [0, 0.1) is 0 Å². The van der Waals surface area contributed by atoms with Crippen molar-refractivity contribution in [2.24, 2.45) is 0 Å². The van der Waals surface area contributed by atoms with Crippen LogP contribution in [0.4, 0.5) is 0 Å². The van der Waals surface area contributed by atoms with Gasteiger partial charge in [0.25, 0.3) is 0 Å². The summed E-state index contributed by atoms with van der Waals surface area (Å²) in [5.41, 5.74) is 0. The van der Waals surface area contributed by atoms with Gasteiger partial charge in [-0.3, -0.25) is 5.32 Å². The number of nitrogens with zero attached hydrogens (tertiary/aromatic N) is 1. The Morgan fingerprint density at radius 2 is 2.33 bits per heavy atom. The summed E-state index contributed by atoms with van der Waals surface area (Å²) in [4.78, 5) is 0. The third-order valence-corrected chi connectivity index (χ3v) is 4.05. The Hall–Kier alpha value is -0.170. The highest BCUT2D eigenvalue weighted by atomic mass is 32.2. The summed E-state index contributed by atoms with van der Waals surface area (Å²) < 4.78 is 29.6. The van der Waals surface area contributed by atoms with Crippen molar-refractivity contribution in [2.75, 3.05) is 32.1 Å². The largest absolute Gasteiger partial charge is 0.377 e. The average Bonchev–Trinajstić information content (AvgIpc) is 2.04. The molecule has 0 aliphatic carbocycles. The molecule has 0 spiro atoms. The number of rotatable bonds is 0. The van der Waals surface area contributed by atoms with Crippen LogP contribution >= 0.6 is 0 Å². The van der Waals surface area contributed by atoms with E-state index in [-0.39, 0.29) is 11.9 Å². The van der Waals surface area contributed by atoms with Crippen LogP contribution in [0.25, 0.3) is 0 Å². The molecule has 0 radical (unpaired) electrons. The second kappa shape index (κ2) is 2.95. The maximum atomic E-state index is 11.4. The van der Waals surface area contributed by atoms with Gasteiger partial charge in [0.2, 0.25) is 10.0 Å². The lowest BCUT2D eigenvalue weighted by atomic mass is 10.4. The van der Waals surface area contributed by atoms with Crippen molar-refractivity contribution in [3.05, 3.63) is 0 Å². The van der Waals surface area contributed by atoms with Crippen molar-refractivity contribution in [1.29, 1.82) is 0 Å². The van der Waals surface area contributed by atoms with Crippen LogP contribution in [0.3, 0.4) is 0 Å². The van der Waals surface area contributed by atoms with Gasteiger partial charge in [-0.25, -0.2) is 8.42 Å². The lowest BCUT2D eigenvalue weighted by Crippen LogP contribution is -2.61. The Balaban J connectivity index is 2.20. The van der Waals surface area contributed by atoms with Crippen molar-refractivity contribution < 1.29 is 13.2 Å². The van der Waals surface area contributed by atoms with E-state index < -0.39 is 10.0 Å². The second-order valence-corrected chi connectivity index (χ2v) is 5.01. The fourth-order valence-electron chi connectivity index (χ4n) is 1.55. The van der Waals surface area contributed by atoms with Gasteiger partial charge in [-0.15, -0.1) is 0 Å². The number of sulfonamides is 1. The van der Waals surface area contributed by atoms with E-state index in [9.17, 15) is 8.42 Å². The molecule has 2 saturated heterocycles. The van der Waals surface area contributed by atoms with E-state index in [2.05, 4.69) is 5.32 Å². The molecule has 0 aromatic rings. The summed E-state index contributed by atoms with van der Waals surface area (Å²) >= 11 is 0. The van der Waals surface area contributed by atoms with Gasteiger partial charge in [-0.2, -0.15) is 4.31 Å². The highest BCUT2D eigenvalue weighted by molar-refractivity contribution is 7.89. The van der Waals surface area contributed by atoms with E-state index in [0.717, 1.165) is 0 Å². The predicted molar refractivity (Wildman–Crippen MR) is 43.1 cm³/mol. The maximum absolute atomic E-state index is 11.4. The molecule has 12 heavy (non-hydrogen) atoms. The molecule has 2 rings (SSSR count). The monoisotopic (exact) mass is 192 g/mol. The highest BCUT2D eigenvalue weighted by Crippen LogP contribution is 2.13.